The Hall–Kier alpha value is -2.21. The van der Waals surface area contributed by atoms with Crippen molar-refractivity contribution in [2.45, 2.75) is 31.8 Å². The van der Waals surface area contributed by atoms with Crippen LogP contribution >= 0.6 is 0 Å². The number of ether oxygens (including phenoxy) is 2. The summed E-state index contributed by atoms with van der Waals surface area (Å²) in [6.07, 6.45) is 2.48. The third-order valence-electron chi connectivity index (χ3n) is 5.59. The number of esters is 3. The topological polar surface area (TPSA) is 89.9 Å². The van der Waals surface area contributed by atoms with Gasteiger partial charge in [-0.05, 0) is 43.6 Å². The van der Waals surface area contributed by atoms with Crippen LogP contribution < -0.4 is 0 Å². The van der Waals surface area contributed by atoms with E-state index >= 15 is 0 Å². The minimum Gasteiger partial charge on any atom is -0.469 e. The predicted molar refractivity (Wildman–Crippen MR) is 86.9 cm³/mol. The van der Waals surface area contributed by atoms with Crippen molar-refractivity contribution in [2.24, 2.45) is 23.7 Å². The number of aliphatic hydroxyl groups is 1. The van der Waals surface area contributed by atoms with Crippen LogP contribution in [-0.2, 0) is 29.5 Å². The standard InChI is InChI=1S/C19H22O6/c1-19(23,13-6-4-3-5-7-13)18(22)25-17(21)15-12-9-8-11(10-12)14(15)16(20)24-2/h3-7,11-12,14-15,23H,8-10H2,1-2H3/t11-,12+,14-,15+,19+/m0/s1. The molecule has 0 heterocycles. The Kier molecular flexibility index (Phi) is 4.64. The molecule has 0 saturated heterocycles. The lowest BCUT2D eigenvalue weighted by Gasteiger charge is -2.28. The third kappa shape index (κ3) is 3.06. The first-order chi connectivity index (χ1) is 11.9. The summed E-state index contributed by atoms with van der Waals surface area (Å²) in [4.78, 5) is 37.0. The summed E-state index contributed by atoms with van der Waals surface area (Å²) < 4.78 is 9.82. The first-order valence-corrected chi connectivity index (χ1v) is 8.48. The molecule has 0 spiro atoms. The fraction of sp³-hybridized carbons (Fsp3) is 0.526. The van der Waals surface area contributed by atoms with E-state index in [0.29, 0.717) is 5.56 Å². The van der Waals surface area contributed by atoms with E-state index in [9.17, 15) is 19.5 Å². The third-order valence-corrected chi connectivity index (χ3v) is 5.59. The maximum Gasteiger partial charge on any atom is 0.350 e. The molecular weight excluding hydrogens is 324 g/mol. The van der Waals surface area contributed by atoms with Crippen molar-refractivity contribution in [3.63, 3.8) is 0 Å². The van der Waals surface area contributed by atoms with Crippen LogP contribution in [0, 0.1) is 23.7 Å². The second kappa shape index (κ2) is 6.59. The van der Waals surface area contributed by atoms with Crippen LogP contribution in [0.2, 0.25) is 0 Å². The fourth-order valence-electron chi connectivity index (χ4n) is 4.25. The molecule has 0 unspecified atom stereocenters. The van der Waals surface area contributed by atoms with Crippen LogP contribution in [0.15, 0.2) is 30.3 Å². The van der Waals surface area contributed by atoms with Crippen LogP contribution in [0.4, 0.5) is 0 Å². The van der Waals surface area contributed by atoms with Gasteiger partial charge in [0.25, 0.3) is 0 Å². The fourth-order valence-corrected chi connectivity index (χ4v) is 4.25. The molecule has 5 atom stereocenters. The minimum atomic E-state index is -1.94. The highest BCUT2D eigenvalue weighted by molar-refractivity contribution is 5.94. The molecule has 25 heavy (non-hydrogen) atoms. The van der Waals surface area contributed by atoms with Gasteiger partial charge >= 0.3 is 17.9 Å². The molecule has 134 valence electrons. The van der Waals surface area contributed by atoms with Crippen molar-refractivity contribution in [2.75, 3.05) is 7.11 Å². The Bertz CT molecular complexity index is 680. The summed E-state index contributed by atoms with van der Waals surface area (Å²) in [7, 11) is 1.29. The second-order valence-electron chi connectivity index (χ2n) is 7.05. The monoisotopic (exact) mass is 346 g/mol. The van der Waals surface area contributed by atoms with E-state index in [0.717, 1.165) is 19.3 Å². The Morgan fingerprint density at radius 2 is 1.60 bits per heavy atom. The molecule has 6 heteroatoms. The molecule has 2 saturated carbocycles. The van der Waals surface area contributed by atoms with E-state index in [4.69, 9.17) is 9.47 Å². The summed E-state index contributed by atoms with van der Waals surface area (Å²) in [5, 5.41) is 10.5. The molecule has 0 aliphatic heterocycles. The van der Waals surface area contributed by atoms with Gasteiger partial charge in [-0.25, -0.2) is 4.79 Å². The molecule has 1 aromatic rings. The van der Waals surface area contributed by atoms with Crippen LogP contribution in [-0.4, -0.2) is 30.1 Å². The summed E-state index contributed by atoms with van der Waals surface area (Å²) in [5.41, 5.74) is -1.60. The van der Waals surface area contributed by atoms with Crippen LogP contribution in [0.5, 0.6) is 0 Å². The average Bonchev–Trinajstić information content (AvgIpc) is 3.22. The Labute approximate surface area is 146 Å². The molecule has 1 N–H and O–H groups in total. The highest BCUT2D eigenvalue weighted by atomic mass is 16.6. The van der Waals surface area contributed by atoms with Gasteiger partial charge in [0, 0.05) is 0 Å². The van der Waals surface area contributed by atoms with Gasteiger partial charge in [-0.1, -0.05) is 30.3 Å². The predicted octanol–water partition coefficient (Wildman–Crippen LogP) is 1.80. The van der Waals surface area contributed by atoms with Crippen molar-refractivity contribution in [3.05, 3.63) is 35.9 Å². The number of carbonyl (C=O) groups excluding carboxylic acids is 3. The molecule has 2 fully saturated rings. The van der Waals surface area contributed by atoms with Gasteiger partial charge in [-0.2, -0.15) is 0 Å². The van der Waals surface area contributed by atoms with Gasteiger partial charge in [0.05, 0.1) is 18.9 Å². The lowest BCUT2D eigenvalue weighted by molar-refractivity contribution is -0.180. The van der Waals surface area contributed by atoms with Crippen molar-refractivity contribution in [1.82, 2.24) is 0 Å². The van der Waals surface area contributed by atoms with Crippen molar-refractivity contribution >= 4 is 17.9 Å². The molecule has 2 aliphatic carbocycles. The van der Waals surface area contributed by atoms with E-state index in [-0.39, 0.29) is 11.8 Å². The number of methoxy groups -OCH3 is 1. The van der Waals surface area contributed by atoms with Crippen LogP contribution in [0.1, 0.15) is 31.7 Å². The smallest absolute Gasteiger partial charge is 0.350 e. The van der Waals surface area contributed by atoms with Gasteiger partial charge in [-0.3, -0.25) is 9.59 Å². The lowest BCUT2D eigenvalue weighted by atomic mass is 9.79. The Morgan fingerprint density at radius 1 is 1.04 bits per heavy atom. The number of rotatable bonds is 4. The Morgan fingerprint density at radius 3 is 2.16 bits per heavy atom. The van der Waals surface area contributed by atoms with Crippen LogP contribution in [0.3, 0.4) is 0 Å². The van der Waals surface area contributed by atoms with Gasteiger partial charge in [0.15, 0.2) is 5.60 Å². The quantitative estimate of drug-likeness (QED) is 0.660. The second-order valence-corrected chi connectivity index (χ2v) is 7.05. The molecule has 3 rings (SSSR count). The Balaban J connectivity index is 1.75. The van der Waals surface area contributed by atoms with Gasteiger partial charge in [0.2, 0.25) is 0 Å². The zero-order chi connectivity index (χ0) is 18.2. The molecule has 0 aromatic heterocycles. The number of fused-ring (bicyclic) bond motifs is 2. The van der Waals surface area contributed by atoms with E-state index in [2.05, 4.69) is 0 Å². The molecule has 0 radical (unpaired) electrons. The van der Waals surface area contributed by atoms with E-state index in [1.807, 2.05) is 0 Å². The average molecular weight is 346 g/mol. The van der Waals surface area contributed by atoms with E-state index in [1.54, 1.807) is 30.3 Å². The van der Waals surface area contributed by atoms with Crippen LogP contribution in [0.25, 0.3) is 0 Å². The molecule has 0 amide bonds. The number of hydrogen-bond acceptors (Lipinski definition) is 6. The zero-order valence-corrected chi connectivity index (χ0v) is 14.3. The number of carbonyl (C=O) groups is 3. The maximum absolute atomic E-state index is 12.6. The SMILES string of the molecule is COC(=O)[C@H]1[C@H]2CC[C@H](C2)[C@H]1C(=O)OC(=O)[C@](C)(O)c1ccccc1. The van der Waals surface area contributed by atoms with Crippen molar-refractivity contribution < 1.29 is 29.0 Å². The first kappa shape index (κ1) is 17.6. The molecule has 2 aliphatic rings. The summed E-state index contributed by atoms with van der Waals surface area (Å²) in [5.74, 6) is -3.33. The highest BCUT2D eigenvalue weighted by Crippen LogP contribution is 2.53. The zero-order valence-electron chi connectivity index (χ0n) is 14.3. The molecule has 2 bridgehead atoms. The van der Waals surface area contributed by atoms with Crippen molar-refractivity contribution in [1.29, 1.82) is 0 Å². The number of hydrogen-bond donors (Lipinski definition) is 1. The first-order valence-electron chi connectivity index (χ1n) is 8.48. The molecule has 6 nitrogen and oxygen atoms in total. The summed E-state index contributed by atoms with van der Waals surface area (Å²) in [6, 6.07) is 8.29. The largest absolute Gasteiger partial charge is 0.469 e. The lowest BCUT2D eigenvalue weighted by Crippen LogP contribution is -2.41. The minimum absolute atomic E-state index is 0.0241. The summed E-state index contributed by atoms with van der Waals surface area (Å²) >= 11 is 0. The van der Waals surface area contributed by atoms with Crippen molar-refractivity contribution in [3.8, 4) is 0 Å². The molecular formula is C19H22O6. The van der Waals surface area contributed by atoms with Gasteiger partial charge < -0.3 is 14.6 Å². The molecule has 1 aromatic carbocycles. The maximum atomic E-state index is 12.6. The van der Waals surface area contributed by atoms with E-state index in [1.165, 1.54) is 14.0 Å². The normalized spacial score (nSPS) is 29.7. The number of benzene rings is 1. The highest BCUT2D eigenvalue weighted by Gasteiger charge is 2.56. The van der Waals surface area contributed by atoms with Gasteiger partial charge in [-0.15, -0.1) is 0 Å². The van der Waals surface area contributed by atoms with Gasteiger partial charge in [0.1, 0.15) is 0 Å². The van der Waals surface area contributed by atoms with E-state index < -0.39 is 35.3 Å². The summed E-state index contributed by atoms with van der Waals surface area (Å²) in [6.45, 7) is 1.29.